The summed E-state index contributed by atoms with van der Waals surface area (Å²) in [6.07, 6.45) is 0. The lowest BCUT2D eigenvalue weighted by atomic mass is 9.89. The Bertz CT molecular complexity index is 220. The molecule has 0 unspecified atom stereocenters. The van der Waals surface area contributed by atoms with Crippen LogP contribution in [0.1, 0.15) is 27.7 Å². The second-order valence-corrected chi connectivity index (χ2v) is 3.96. The van der Waals surface area contributed by atoms with Crippen LogP contribution < -0.4 is 5.32 Å². The molecular weight excluding hydrogens is 150 g/mol. The topological polar surface area (TPSA) is 29.1 Å². The van der Waals surface area contributed by atoms with Gasteiger partial charge in [0.15, 0.2) is 5.78 Å². The quantitative estimate of drug-likeness (QED) is 0.653. The van der Waals surface area contributed by atoms with Gasteiger partial charge in [-0.25, -0.2) is 0 Å². The summed E-state index contributed by atoms with van der Waals surface area (Å²) < 4.78 is 0. The van der Waals surface area contributed by atoms with Gasteiger partial charge in [0, 0.05) is 11.1 Å². The Hall–Kier alpha value is -1.05. The van der Waals surface area contributed by atoms with Gasteiger partial charge >= 0.3 is 0 Å². The summed E-state index contributed by atoms with van der Waals surface area (Å²) in [6.45, 7) is 14.7. The summed E-state index contributed by atoms with van der Waals surface area (Å²) in [6, 6.07) is 0. The maximum atomic E-state index is 11.5. The molecule has 0 radical (unpaired) electrons. The van der Waals surface area contributed by atoms with Gasteiger partial charge in [-0.3, -0.25) is 4.79 Å². The Morgan fingerprint density at radius 2 is 1.67 bits per heavy atom. The molecule has 0 spiro atoms. The Morgan fingerprint density at radius 3 is 1.92 bits per heavy atom. The van der Waals surface area contributed by atoms with Crippen molar-refractivity contribution in [3.8, 4) is 0 Å². The van der Waals surface area contributed by atoms with E-state index < -0.39 is 0 Å². The largest absolute Gasteiger partial charge is 0.357 e. The van der Waals surface area contributed by atoms with Crippen molar-refractivity contribution < 1.29 is 4.79 Å². The second kappa shape index (κ2) is 3.57. The molecule has 0 atom stereocenters. The highest BCUT2D eigenvalue weighted by atomic mass is 16.1. The third-order valence-corrected chi connectivity index (χ3v) is 1.32. The van der Waals surface area contributed by atoms with Crippen molar-refractivity contribution in [2.24, 2.45) is 5.41 Å². The molecule has 0 aromatic heterocycles. The molecule has 0 heterocycles. The number of carbonyl (C=O) groups excluding carboxylic acids is 1. The Morgan fingerprint density at radius 1 is 1.25 bits per heavy atom. The van der Waals surface area contributed by atoms with Gasteiger partial charge in [-0.05, 0) is 6.92 Å². The van der Waals surface area contributed by atoms with E-state index in [2.05, 4.69) is 18.5 Å². The molecule has 0 aromatic rings. The number of nitrogens with one attached hydrogen (secondary N) is 1. The second-order valence-electron chi connectivity index (χ2n) is 3.96. The fourth-order valence-corrected chi connectivity index (χ4v) is 0.767. The molecule has 2 nitrogen and oxygen atoms in total. The van der Waals surface area contributed by atoms with E-state index in [9.17, 15) is 4.79 Å². The predicted molar refractivity (Wildman–Crippen MR) is 51.6 cm³/mol. The summed E-state index contributed by atoms with van der Waals surface area (Å²) in [7, 11) is 0. The zero-order valence-electron chi connectivity index (χ0n) is 8.32. The average Bonchev–Trinajstić information content (AvgIpc) is 1.82. The van der Waals surface area contributed by atoms with E-state index in [0.717, 1.165) is 5.70 Å². The lowest BCUT2D eigenvalue weighted by Crippen LogP contribution is -2.28. The minimum atomic E-state index is -0.375. The monoisotopic (exact) mass is 167 g/mol. The number of carbonyl (C=O) groups is 1. The maximum absolute atomic E-state index is 11.5. The van der Waals surface area contributed by atoms with Crippen molar-refractivity contribution in [2.75, 3.05) is 0 Å². The molecule has 0 aliphatic heterocycles. The zero-order chi connectivity index (χ0) is 9.94. The standard InChI is InChI=1S/C10H17NO/c1-7(2)11-8(3)9(12)10(4,5)6/h11H,1,3H2,2,4-6H3. The molecule has 0 saturated carbocycles. The van der Waals surface area contributed by atoms with Gasteiger partial charge in [0.25, 0.3) is 0 Å². The first kappa shape index (κ1) is 11.0. The molecule has 68 valence electrons. The van der Waals surface area contributed by atoms with E-state index in [4.69, 9.17) is 0 Å². The van der Waals surface area contributed by atoms with Gasteiger partial charge in [-0.1, -0.05) is 33.9 Å². The van der Waals surface area contributed by atoms with Gasteiger partial charge < -0.3 is 5.32 Å². The molecule has 1 N–H and O–H groups in total. The fraction of sp³-hybridized carbons (Fsp3) is 0.500. The summed E-state index contributed by atoms with van der Waals surface area (Å²) in [5.74, 6) is 0.0190. The van der Waals surface area contributed by atoms with Crippen molar-refractivity contribution in [1.29, 1.82) is 0 Å². The van der Waals surface area contributed by atoms with E-state index in [1.54, 1.807) is 6.92 Å². The van der Waals surface area contributed by atoms with Crippen molar-refractivity contribution in [3.63, 3.8) is 0 Å². The summed E-state index contributed by atoms with van der Waals surface area (Å²) >= 11 is 0. The molecule has 0 amide bonds. The first-order valence-corrected chi connectivity index (χ1v) is 3.91. The van der Waals surface area contributed by atoms with Crippen molar-refractivity contribution in [1.82, 2.24) is 5.32 Å². The van der Waals surface area contributed by atoms with E-state index >= 15 is 0 Å². The van der Waals surface area contributed by atoms with E-state index in [-0.39, 0.29) is 11.2 Å². The molecule has 0 aliphatic carbocycles. The van der Waals surface area contributed by atoms with Crippen LogP contribution in [0.2, 0.25) is 0 Å². The van der Waals surface area contributed by atoms with Gasteiger partial charge in [0.05, 0.1) is 5.70 Å². The van der Waals surface area contributed by atoms with E-state index in [1.807, 2.05) is 20.8 Å². The first-order chi connectivity index (χ1) is 5.25. The number of ketones is 1. The highest BCUT2D eigenvalue weighted by Crippen LogP contribution is 2.17. The summed E-state index contributed by atoms with van der Waals surface area (Å²) in [5.41, 5.74) is 0.770. The van der Waals surface area contributed by atoms with Crippen LogP contribution in [0.4, 0.5) is 0 Å². The predicted octanol–water partition coefficient (Wildman–Crippen LogP) is 2.24. The van der Waals surface area contributed by atoms with Gasteiger partial charge in [0.1, 0.15) is 0 Å². The lowest BCUT2D eigenvalue weighted by molar-refractivity contribution is -0.122. The number of hydrogen-bond acceptors (Lipinski definition) is 2. The Labute approximate surface area is 74.4 Å². The molecule has 0 fully saturated rings. The molecule has 0 aliphatic rings. The van der Waals surface area contributed by atoms with Crippen LogP contribution in [0.3, 0.4) is 0 Å². The van der Waals surface area contributed by atoms with Crippen LogP contribution in [0.5, 0.6) is 0 Å². The molecule has 2 heteroatoms. The number of Topliss-reactive ketones (excluding diaryl/α,β-unsaturated/α-hetero) is 1. The van der Waals surface area contributed by atoms with Crippen LogP contribution in [-0.2, 0) is 4.79 Å². The molecular formula is C10H17NO. The van der Waals surface area contributed by atoms with Crippen molar-refractivity contribution in [2.45, 2.75) is 27.7 Å². The third kappa shape index (κ3) is 3.37. The van der Waals surface area contributed by atoms with Crippen LogP contribution in [-0.4, -0.2) is 5.78 Å². The Balaban J connectivity index is 4.32. The average molecular weight is 167 g/mol. The van der Waals surface area contributed by atoms with Crippen LogP contribution in [0.15, 0.2) is 24.6 Å². The summed E-state index contributed by atoms with van der Waals surface area (Å²) in [4.78, 5) is 11.5. The highest BCUT2D eigenvalue weighted by Gasteiger charge is 2.23. The van der Waals surface area contributed by atoms with Gasteiger partial charge in [-0.15, -0.1) is 0 Å². The first-order valence-electron chi connectivity index (χ1n) is 3.91. The third-order valence-electron chi connectivity index (χ3n) is 1.32. The molecule has 0 saturated heterocycles. The van der Waals surface area contributed by atoms with Crippen molar-refractivity contribution >= 4 is 5.78 Å². The minimum Gasteiger partial charge on any atom is -0.357 e. The normalized spacial score (nSPS) is 10.7. The van der Waals surface area contributed by atoms with Crippen LogP contribution in [0, 0.1) is 5.41 Å². The van der Waals surface area contributed by atoms with Gasteiger partial charge in [0.2, 0.25) is 0 Å². The minimum absolute atomic E-state index is 0.0190. The molecule has 0 aromatic carbocycles. The number of allylic oxidation sites excluding steroid dienone is 2. The molecule has 0 rings (SSSR count). The lowest BCUT2D eigenvalue weighted by Gasteiger charge is -2.18. The van der Waals surface area contributed by atoms with E-state index in [0.29, 0.717) is 5.70 Å². The molecule has 0 bridgehead atoms. The maximum Gasteiger partial charge on any atom is 0.183 e. The number of rotatable bonds is 3. The Kier molecular flexibility index (Phi) is 3.25. The molecule has 12 heavy (non-hydrogen) atoms. The van der Waals surface area contributed by atoms with Gasteiger partial charge in [-0.2, -0.15) is 0 Å². The highest BCUT2D eigenvalue weighted by molar-refractivity contribution is 5.98. The zero-order valence-corrected chi connectivity index (χ0v) is 8.32. The van der Waals surface area contributed by atoms with E-state index in [1.165, 1.54) is 0 Å². The van der Waals surface area contributed by atoms with Crippen LogP contribution in [0.25, 0.3) is 0 Å². The van der Waals surface area contributed by atoms with Crippen molar-refractivity contribution in [3.05, 3.63) is 24.6 Å². The van der Waals surface area contributed by atoms with Crippen LogP contribution >= 0.6 is 0 Å². The summed E-state index contributed by atoms with van der Waals surface area (Å²) in [5, 5.41) is 2.81. The number of hydrogen-bond donors (Lipinski definition) is 1. The fourth-order valence-electron chi connectivity index (χ4n) is 0.767. The smallest absolute Gasteiger partial charge is 0.183 e. The SMILES string of the molecule is C=C(C)NC(=C)C(=O)C(C)(C)C.